The van der Waals surface area contributed by atoms with Crippen molar-refractivity contribution in [3.63, 3.8) is 0 Å². The van der Waals surface area contributed by atoms with Crippen LogP contribution >= 0.6 is 0 Å². The molecule has 68 valence electrons. The van der Waals surface area contributed by atoms with Crippen molar-refractivity contribution in [3.8, 4) is 0 Å². The largest absolute Gasteiger partial charge is 0.435 e. The second-order valence-corrected chi connectivity index (χ2v) is 2.45. The number of halogens is 3. The molecular formula is C7H4F3N3. The van der Waals surface area contributed by atoms with Gasteiger partial charge in [0.15, 0.2) is 11.3 Å². The zero-order chi connectivity index (χ0) is 9.47. The van der Waals surface area contributed by atoms with Crippen LogP contribution in [0.4, 0.5) is 13.2 Å². The number of aromatic nitrogens is 3. The molecule has 0 aromatic carbocycles. The molecule has 0 bridgehead atoms. The van der Waals surface area contributed by atoms with E-state index in [9.17, 15) is 13.2 Å². The molecular weight excluding hydrogens is 183 g/mol. The van der Waals surface area contributed by atoms with Gasteiger partial charge < -0.3 is 0 Å². The summed E-state index contributed by atoms with van der Waals surface area (Å²) in [5.41, 5.74) is -0.522. The van der Waals surface area contributed by atoms with Crippen molar-refractivity contribution >= 4 is 5.65 Å². The van der Waals surface area contributed by atoms with Gasteiger partial charge in [-0.15, -0.1) is 0 Å². The first kappa shape index (κ1) is 8.03. The Bertz CT molecular complexity index is 432. The molecule has 13 heavy (non-hydrogen) atoms. The van der Waals surface area contributed by atoms with E-state index in [1.165, 1.54) is 18.5 Å². The van der Waals surface area contributed by atoms with Crippen LogP contribution in [-0.2, 0) is 6.18 Å². The molecule has 0 N–H and O–H groups in total. The van der Waals surface area contributed by atoms with Crippen molar-refractivity contribution in [1.29, 1.82) is 0 Å². The van der Waals surface area contributed by atoms with E-state index in [-0.39, 0.29) is 0 Å². The average Bonchev–Trinajstić information content (AvgIpc) is 2.47. The fraction of sp³-hybridized carbons (Fsp3) is 0.143. The van der Waals surface area contributed by atoms with Gasteiger partial charge in [-0.05, 0) is 12.1 Å². The van der Waals surface area contributed by atoms with Gasteiger partial charge in [0.2, 0.25) is 0 Å². The lowest BCUT2D eigenvalue weighted by atomic mass is 10.4. The fourth-order valence-corrected chi connectivity index (χ4v) is 0.966. The molecule has 0 aliphatic heterocycles. The van der Waals surface area contributed by atoms with Gasteiger partial charge in [-0.25, -0.2) is 9.50 Å². The van der Waals surface area contributed by atoms with Gasteiger partial charge in [0.05, 0.1) is 0 Å². The average molecular weight is 187 g/mol. The summed E-state index contributed by atoms with van der Waals surface area (Å²) in [6, 6.07) is 2.18. The van der Waals surface area contributed by atoms with Crippen molar-refractivity contribution < 1.29 is 13.2 Å². The lowest BCUT2D eigenvalue weighted by Gasteiger charge is -2.04. The zero-order valence-electron chi connectivity index (χ0n) is 6.28. The fourth-order valence-electron chi connectivity index (χ4n) is 0.966. The van der Waals surface area contributed by atoms with Gasteiger partial charge >= 0.3 is 6.18 Å². The first-order valence-electron chi connectivity index (χ1n) is 3.45. The molecule has 2 rings (SSSR count). The third-order valence-electron chi connectivity index (χ3n) is 1.55. The number of imidazole rings is 1. The number of hydrogen-bond donors (Lipinski definition) is 0. The minimum Gasteiger partial charge on any atom is -0.236 e. The second kappa shape index (κ2) is 2.45. The third kappa shape index (κ3) is 1.34. The SMILES string of the molecule is FC(F)(F)c1ccc2nccn2n1. The van der Waals surface area contributed by atoms with Gasteiger partial charge in [0.25, 0.3) is 0 Å². The van der Waals surface area contributed by atoms with E-state index in [4.69, 9.17) is 0 Å². The number of alkyl halides is 3. The van der Waals surface area contributed by atoms with E-state index in [2.05, 4.69) is 10.1 Å². The summed E-state index contributed by atoms with van der Waals surface area (Å²) in [7, 11) is 0. The monoisotopic (exact) mass is 187 g/mol. The topological polar surface area (TPSA) is 30.2 Å². The Morgan fingerprint density at radius 2 is 2.00 bits per heavy atom. The zero-order valence-corrected chi connectivity index (χ0v) is 6.28. The van der Waals surface area contributed by atoms with E-state index in [1.54, 1.807) is 0 Å². The summed E-state index contributed by atoms with van der Waals surface area (Å²) in [6.45, 7) is 0. The van der Waals surface area contributed by atoms with Crippen molar-refractivity contribution in [2.75, 3.05) is 0 Å². The van der Waals surface area contributed by atoms with Crippen LogP contribution in [0.15, 0.2) is 24.5 Å². The molecule has 0 saturated heterocycles. The summed E-state index contributed by atoms with van der Waals surface area (Å²) in [6.07, 6.45) is -1.65. The van der Waals surface area contributed by atoms with Crippen molar-refractivity contribution in [1.82, 2.24) is 14.6 Å². The Morgan fingerprint density at radius 1 is 1.23 bits per heavy atom. The van der Waals surface area contributed by atoms with Gasteiger partial charge in [-0.3, -0.25) is 0 Å². The van der Waals surface area contributed by atoms with E-state index in [0.717, 1.165) is 10.6 Å². The maximum Gasteiger partial charge on any atom is 0.435 e. The van der Waals surface area contributed by atoms with Crippen LogP contribution in [0, 0.1) is 0 Å². The highest BCUT2D eigenvalue weighted by Gasteiger charge is 2.32. The van der Waals surface area contributed by atoms with Crippen LogP contribution in [-0.4, -0.2) is 14.6 Å². The van der Waals surface area contributed by atoms with Crippen LogP contribution in [0.25, 0.3) is 5.65 Å². The smallest absolute Gasteiger partial charge is 0.236 e. The Balaban J connectivity index is 2.61. The molecule has 3 nitrogen and oxygen atoms in total. The number of nitrogens with zero attached hydrogens (tertiary/aromatic N) is 3. The minimum atomic E-state index is -4.40. The molecule has 0 fully saturated rings. The number of rotatable bonds is 0. The predicted octanol–water partition coefficient (Wildman–Crippen LogP) is 1.75. The van der Waals surface area contributed by atoms with Gasteiger partial charge in [0.1, 0.15) is 0 Å². The van der Waals surface area contributed by atoms with E-state index in [0.29, 0.717) is 5.65 Å². The normalized spacial score (nSPS) is 12.2. The van der Waals surface area contributed by atoms with Crippen LogP contribution in [0.1, 0.15) is 5.69 Å². The highest BCUT2D eigenvalue weighted by atomic mass is 19.4. The molecule has 0 atom stereocenters. The Morgan fingerprint density at radius 3 is 2.69 bits per heavy atom. The number of fused-ring (bicyclic) bond motifs is 1. The molecule has 0 radical (unpaired) electrons. The van der Waals surface area contributed by atoms with Crippen LogP contribution < -0.4 is 0 Å². The molecule has 0 amide bonds. The van der Waals surface area contributed by atoms with Gasteiger partial charge in [0, 0.05) is 12.4 Å². The summed E-state index contributed by atoms with van der Waals surface area (Å²) in [5.74, 6) is 0. The highest BCUT2D eigenvalue weighted by molar-refractivity contribution is 5.36. The van der Waals surface area contributed by atoms with Gasteiger partial charge in [-0.2, -0.15) is 18.3 Å². The minimum absolute atomic E-state index is 0.396. The summed E-state index contributed by atoms with van der Waals surface area (Å²) in [5, 5.41) is 3.34. The lowest BCUT2D eigenvalue weighted by Crippen LogP contribution is -2.10. The third-order valence-corrected chi connectivity index (χ3v) is 1.55. The van der Waals surface area contributed by atoms with Crippen LogP contribution in [0.3, 0.4) is 0 Å². The molecule has 0 spiro atoms. The Labute approximate surface area is 70.8 Å². The summed E-state index contributed by atoms with van der Waals surface area (Å²) >= 11 is 0. The van der Waals surface area contributed by atoms with Crippen LogP contribution in [0.2, 0.25) is 0 Å². The Hall–Kier alpha value is -1.59. The molecule has 2 aromatic rings. The molecule has 0 unspecified atom stereocenters. The molecule has 2 heterocycles. The maximum atomic E-state index is 12.1. The molecule has 0 aliphatic carbocycles. The van der Waals surface area contributed by atoms with Crippen molar-refractivity contribution in [2.24, 2.45) is 0 Å². The predicted molar refractivity (Wildman–Crippen MR) is 38.0 cm³/mol. The summed E-state index contributed by atoms with van der Waals surface area (Å²) < 4.78 is 37.5. The first-order valence-corrected chi connectivity index (χ1v) is 3.45. The van der Waals surface area contributed by atoms with Crippen molar-refractivity contribution in [2.45, 2.75) is 6.18 Å². The van der Waals surface area contributed by atoms with E-state index < -0.39 is 11.9 Å². The number of hydrogen-bond acceptors (Lipinski definition) is 2. The quantitative estimate of drug-likeness (QED) is 0.628. The van der Waals surface area contributed by atoms with Crippen LogP contribution in [0.5, 0.6) is 0 Å². The van der Waals surface area contributed by atoms with E-state index in [1.807, 2.05) is 0 Å². The first-order chi connectivity index (χ1) is 6.07. The maximum absolute atomic E-state index is 12.1. The second-order valence-electron chi connectivity index (χ2n) is 2.45. The molecule has 0 saturated carbocycles. The highest BCUT2D eigenvalue weighted by Crippen LogP contribution is 2.26. The van der Waals surface area contributed by atoms with Crippen molar-refractivity contribution in [3.05, 3.63) is 30.2 Å². The lowest BCUT2D eigenvalue weighted by molar-refractivity contribution is -0.141. The van der Waals surface area contributed by atoms with Gasteiger partial charge in [-0.1, -0.05) is 0 Å². The Kier molecular flexibility index (Phi) is 1.51. The molecule has 6 heteroatoms. The molecule has 0 aliphatic rings. The van der Waals surface area contributed by atoms with E-state index >= 15 is 0 Å². The summed E-state index contributed by atoms with van der Waals surface area (Å²) in [4.78, 5) is 3.77. The molecule has 2 aromatic heterocycles. The standard InChI is InChI=1S/C7H4F3N3/c8-7(9,10)5-1-2-6-11-3-4-13(6)12-5/h1-4H.